The highest BCUT2D eigenvalue weighted by atomic mass is 35.5. The van der Waals surface area contributed by atoms with Gasteiger partial charge in [-0.1, -0.05) is 23.8 Å². The third-order valence-corrected chi connectivity index (χ3v) is 5.25. The lowest BCUT2D eigenvalue weighted by Crippen LogP contribution is -2.43. The fourth-order valence-electron chi connectivity index (χ4n) is 3.81. The first-order valence-corrected chi connectivity index (χ1v) is 7.80. The quantitative estimate of drug-likeness (QED) is 0.637. The molecule has 4 rings (SSSR count). The van der Waals surface area contributed by atoms with E-state index < -0.39 is 58.7 Å². The number of benzene rings is 1. The van der Waals surface area contributed by atoms with Crippen LogP contribution >= 0.6 is 11.6 Å². The van der Waals surface area contributed by atoms with Crippen molar-refractivity contribution in [1.82, 2.24) is 0 Å². The third kappa shape index (κ3) is 2.11. The molecule has 0 aromatic heterocycles. The van der Waals surface area contributed by atoms with Crippen molar-refractivity contribution in [3.05, 3.63) is 40.9 Å². The first-order valence-electron chi connectivity index (χ1n) is 7.42. The normalized spacial score (nSPS) is 33.5. The van der Waals surface area contributed by atoms with Crippen LogP contribution in [0.4, 0.5) is 18.9 Å². The number of aliphatic hydroxyl groups excluding tert-OH is 1. The van der Waals surface area contributed by atoms with Crippen LogP contribution in [0.2, 0.25) is 5.02 Å². The van der Waals surface area contributed by atoms with E-state index in [2.05, 4.69) is 0 Å². The zero-order chi connectivity index (χ0) is 18.1. The summed E-state index contributed by atoms with van der Waals surface area (Å²) in [5.74, 6) is -3.14. The van der Waals surface area contributed by atoms with E-state index in [1.54, 1.807) is 6.08 Å². The van der Waals surface area contributed by atoms with E-state index in [0.717, 1.165) is 11.0 Å². The van der Waals surface area contributed by atoms with Crippen molar-refractivity contribution >= 4 is 29.1 Å². The van der Waals surface area contributed by atoms with Crippen molar-refractivity contribution in [3.8, 4) is 0 Å². The van der Waals surface area contributed by atoms with E-state index in [1.165, 1.54) is 12.1 Å². The molecule has 132 valence electrons. The van der Waals surface area contributed by atoms with Gasteiger partial charge in [0.1, 0.15) is 5.60 Å². The number of hydrogen-bond acceptors (Lipinski definition) is 4. The number of aliphatic hydroxyl groups is 1. The molecule has 0 unspecified atom stereocenters. The number of nitrogens with zero attached hydrogens (tertiary/aromatic N) is 1. The predicted octanol–water partition coefficient (Wildman–Crippen LogP) is 2.16. The van der Waals surface area contributed by atoms with Gasteiger partial charge in [-0.05, 0) is 18.2 Å². The molecule has 5 nitrogen and oxygen atoms in total. The topological polar surface area (TPSA) is 66.8 Å². The van der Waals surface area contributed by atoms with Crippen LogP contribution in [0.3, 0.4) is 0 Å². The summed E-state index contributed by atoms with van der Waals surface area (Å²) in [6.45, 7) is -0.498. The Bertz CT molecular complexity index is 824. The molecule has 2 bridgehead atoms. The van der Waals surface area contributed by atoms with Crippen LogP contribution in [0.15, 0.2) is 30.4 Å². The van der Waals surface area contributed by atoms with Crippen LogP contribution in [-0.2, 0) is 20.5 Å². The molecular formula is C16H11ClF3NO4. The van der Waals surface area contributed by atoms with Crippen molar-refractivity contribution in [1.29, 1.82) is 0 Å². The van der Waals surface area contributed by atoms with Gasteiger partial charge in [0.2, 0.25) is 11.8 Å². The highest BCUT2D eigenvalue weighted by Gasteiger charge is 2.67. The van der Waals surface area contributed by atoms with Crippen LogP contribution in [0.5, 0.6) is 0 Å². The molecule has 2 saturated heterocycles. The van der Waals surface area contributed by atoms with Crippen molar-refractivity contribution < 1.29 is 32.6 Å². The molecule has 2 amide bonds. The van der Waals surface area contributed by atoms with Crippen molar-refractivity contribution in [2.24, 2.45) is 11.8 Å². The summed E-state index contributed by atoms with van der Waals surface area (Å²) in [5, 5.41) is 9.09. The van der Waals surface area contributed by atoms with Crippen LogP contribution < -0.4 is 4.90 Å². The van der Waals surface area contributed by atoms with Crippen LogP contribution in [0, 0.1) is 11.8 Å². The molecule has 3 aliphatic heterocycles. The molecule has 3 aliphatic rings. The standard InChI is InChI=1S/C16H11ClF3NO4/c17-9-2-1-7(5-8(9)16(18,19)20)21-13(23)11-10-3-4-15(6-22,25-10)12(11)14(21)24/h1-5,10-12,22H,6H2/t10-,11+,12-,15+/m1/s1. The van der Waals surface area contributed by atoms with Gasteiger partial charge in [0.05, 0.1) is 40.8 Å². The molecule has 2 fully saturated rings. The highest BCUT2D eigenvalue weighted by molar-refractivity contribution is 6.31. The maximum Gasteiger partial charge on any atom is 0.417 e. The van der Waals surface area contributed by atoms with Gasteiger partial charge in [-0.3, -0.25) is 9.59 Å². The first kappa shape index (κ1) is 16.6. The fourth-order valence-corrected chi connectivity index (χ4v) is 4.03. The number of rotatable bonds is 2. The second-order valence-corrected chi connectivity index (χ2v) is 6.64. The Morgan fingerprint density at radius 3 is 2.64 bits per heavy atom. The minimum absolute atomic E-state index is 0.200. The van der Waals surface area contributed by atoms with Gasteiger partial charge in [-0.15, -0.1) is 0 Å². The zero-order valence-corrected chi connectivity index (χ0v) is 13.2. The Labute approximate surface area is 144 Å². The number of halogens is 4. The second kappa shape index (κ2) is 5.06. The van der Waals surface area contributed by atoms with E-state index >= 15 is 0 Å². The number of fused-ring (bicyclic) bond motifs is 5. The number of carbonyl (C=O) groups is 2. The van der Waals surface area contributed by atoms with Gasteiger partial charge < -0.3 is 9.84 Å². The molecule has 1 aromatic carbocycles. The summed E-state index contributed by atoms with van der Waals surface area (Å²) in [4.78, 5) is 26.2. The summed E-state index contributed by atoms with van der Waals surface area (Å²) in [6.07, 6.45) is -2.26. The van der Waals surface area contributed by atoms with Crippen LogP contribution in [0.25, 0.3) is 0 Å². The molecular weight excluding hydrogens is 363 g/mol. The zero-order valence-electron chi connectivity index (χ0n) is 12.5. The van der Waals surface area contributed by atoms with Crippen molar-refractivity contribution in [2.45, 2.75) is 17.9 Å². The summed E-state index contributed by atoms with van der Waals surface area (Å²) in [6, 6.07) is 2.87. The lowest BCUT2D eigenvalue weighted by atomic mass is 9.77. The molecule has 0 aliphatic carbocycles. The molecule has 0 saturated carbocycles. The maximum atomic E-state index is 13.1. The molecule has 0 radical (unpaired) electrons. The summed E-state index contributed by atoms with van der Waals surface area (Å²) in [7, 11) is 0. The number of hydrogen-bond donors (Lipinski definition) is 1. The number of amides is 2. The maximum absolute atomic E-state index is 13.1. The van der Waals surface area contributed by atoms with Gasteiger partial charge >= 0.3 is 6.18 Å². The van der Waals surface area contributed by atoms with Gasteiger partial charge in [-0.25, -0.2) is 4.90 Å². The average Bonchev–Trinajstić information content (AvgIpc) is 3.18. The van der Waals surface area contributed by atoms with Gasteiger partial charge in [0.15, 0.2) is 0 Å². The summed E-state index contributed by atoms with van der Waals surface area (Å²) in [5.41, 5.74) is -2.62. The molecule has 4 atom stereocenters. The Hall–Kier alpha value is -1.90. The average molecular weight is 374 g/mol. The Morgan fingerprint density at radius 1 is 1.28 bits per heavy atom. The SMILES string of the molecule is O=C1[C@H]2[C@H]3C=C[C@@](CO)(O3)[C@H]2C(=O)N1c1ccc(Cl)c(C(F)(F)F)c1. The first-order chi connectivity index (χ1) is 11.7. The van der Waals surface area contributed by atoms with Crippen LogP contribution in [0.1, 0.15) is 5.56 Å². The Morgan fingerprint density at radius 2 is 2.00 bits per heavy atom. The highest BCUT2D eigenvalue weighted by Crippen LogP contribution is 2.52. The lowest BCUT2D eigenvalue weighted by molar-refractivity contribution is -0.137. The molecule has 1 N–H and O–H groups in total. The van der Waals surface area contributed by atoms with Gasteiger partial charge in [0, 0.05) is 0 Å². The number of ether oxygens (including phenoxy) is 1. The Kier molecular flexibility index (Phi) is 3.35. The molecule has 25 heavy (non-hydrogen) atoms. The molecule has 1 aromatic rings. The molecule has 9 heteroatoms. The summed E-state index contributed by atoms with van der Waals surface area (Å²) < 4.78 is 44.7. The minimum Gasteiger partial charge on any atom is -0.393 e. The molecule has 0 spiro atoms. The van der Waals surface area contributed by atoms with E-state index in [9.17, 15) is 27.9 Å². The number of anilines is 1. The number of imide groups is 1. The van der Waals surface area contributed by atoms with Gasteiger partial charge in [0.25, 0.3) is 0 Å². The smallest absolute Gasteiger partial charge is 0.393 e. The molecule has 3 heterocycles. The lowest BCUT2D eigenvalue weighted by Gasteiger charge is -2.26. The number of carbonyl (C=O) groups excluding carboxylic acids is 2. The minimum atomic E-state index is -4.72. The van der Waals surface area contributed by atoms with E-state index in [1.807, 2.05) is 0 Å². The van der Waals surface area contributed by atoms with Crippen molar-refractivity contribution in [3.63, 3.8) is 0 Å². The second-order valence-electron chi connectivity index (χ2n) is 6.23. The monoisotopic (exact) mass is 373 g/mol. The van der Waals surface area contributed by atoms with E-state index in [4.69, 9.17) is 16.3 Å². The van der Waals surface area contributed by atoms with Crippen molar-refractivity contribution in [2.75, 3.05) is 11.5 Å². The third-order valence-electron chi connectivity index (χ3n) is 4.92. The van der Waals surface area contributed by atoms with E-state index in [-0.39, 0.29) is 5.69 Å². The van der Waals surface area contributed by atoms with Gasteiger partial charge in [-0.2, -0.15) is 13.2 Å². The van der Waals surface area contributed by atoms with E-state index in [0.29, 0.717) is 6.07 Å². The largest absolute Gasteiger partial charge is 0.417 e. The predicted molar refractivity (Wildman–Crippen MR) is 79.8 cm³/mol. The number of alkyl halides is 3. The fraction of sp³-hybridized carbons (Fsp3) is 0.375. The summed E-state index contributed by atoms with van der Waals surface area (Å²) >= 11 is 5.59. The van der Waals surface area contributed by atoms with Crippen LogP contribution in [-0.4, -0.2) is 35.2 Å². The Balaban J connectivity index is 1.77.